The van der Waals surface area contributed by atoms with Crippen LogP contribution in [0.15, 0.2) is 22.7 Å². The number of nitrogens with one attached hydrogen (secondary N) is 1. The second kappa shape index (κ2) is 6.61. The summed E-state index contributed by atoms with van der Waals surface area (Å²) in [6, 6.07) is 5.52. The summed E-state index contributed by atoms with van der Waals surface area (Å²) >= 11 is 3.43. The summed E-state index contributed by atoms with van der Waals surface area (Å²) in [6.07, 6.45) is 0.335. The van der Waals surface area contributed by atoms with Gasteiger partial charge in [-0.3, -0.25) is 4.79 Å². The maximum Gasteiger partial charge on any atom is 0.221 e. The minimum atomic E-state index is -0.122. The zero-order valence-corrected chi connectivity index (χ0v) is 11.6. The zero-order chi connectivity index (χ0) is 12.8. The highest BCUT2D eigenvalue weighted by atomic mass is 79.9. The van der Waals surface area contributed by atoms with Crippen LogP contribution in [0.1, 0.15) is 18.9 Å². The van der Waals surface area contributed by atoms with E-state index in [1.165, 1.54) is 0 Å². The molecule has 0 aliphatic heterocycles. The third-order valence-electron chi connectivity index (χ3n) is 2.24. The monoisotopic (exact) mass is 300 g/mol. The Morgan fingerprint density at radius 1 is 1.59 bits per heavy atom. The number of ether oxygens (including phenoxy) is 1. The van der Waals surface area contributed by atoms with E-state index in [4.69, 9.17) is 10.5 Å². The Morgan fingerprint density at radius 3 is 2.88 bits per heavy atom. The van der Waals surface area contributed by atoms with E-state index >= 15 is 0 Å². The Labute approximate surface area is 110 Å². The normalized spacial score (nSPS) is 12.0. The minimum absolute atomic E-state index is 0.0466. The first kappa shape index (κ1) is 14.0. The molecule has 4 nitrogen and oxygen atoms in total. The highest BCUT2D eigenvalue weighted by molar-refractivity contribution is 9.10. The number of carbonyl (C=O) groups excluding carboxylic acids is 1. The summed E-state index contributed by atoms with van der Waals surface area (Å²) in [7, 11) is 1.61. The Hall–Kier alpha value is -1.07. The van der Waals surface area contributed by atoms with Crippen molar-refractivity contribution in [3.8, 4) is 5.75 Å². The lowest BCUT2D eigenvalue weighted by Gasteiger charge is -2.10. The van der Waals surface area contributed by atoms with Crippen molar-refractivity contribution >= 4 is 21.8 Å². The molecule has 0 radical (unpaired) electrons. The summed E-state index contributed by atoms with van der Waals surface area (Å²) in [5.74, 6) is 0.722. The molecule has 0 heterocycles. The van der Waals surface area contributed by atoms with E-state index in [9.17, 15) is 4.79 Å². The van der Waals surface area contributed by atoms with Gasteiger partial charge in [-0.25, -0.2) is 0 Å². The highest BCUT2D eigenvalue weighted by Crippen LogP contribution is 2.22. The first-order chi connectivity index (χ1) is 8.02. The van der Waals surface area contributed by atoms with E-state index in [0.717, 1.165) is 15.8 Å². The van der Waals surface area contributed by atoms with Crippen LogP contribution in [0.3, 0.4) is 0 Å². The summed E-state index contributed by atoms with van der Waals surface area (Å²) in [5.41, 5.74) is 6.52. The summed E-state index contributed by atoms with van der Waals surface area (Å²) < 4.78 is 6.07. The molecule has 0 aromatic heterocycles. The van der Waals surface area contributed by atoms with Gasteiger partial charge in [-0.1, -0.05) is 15.9 Å². The molecule has 1 amide bonds. The molecule has 1 aromatic carbocycles. The van der Waals surface area contributed by atoms with Gasteiger partial charge in [-0.2, -0.15) is 0 Å². The number of nitrogens with two attached hydrogens (primary N) is 1. The number of amides is 1. The second-order valence-corrected chi connectivity index (χ2v) is 4.77. The molecule has 0 saturated heterocycles. The number of methoxy groups -OCH3 is 1. The molecule has 94 valence electrons. The summed E-state index contributed by atoms with van der Waals surface area (Å²) in [6.45, 7) is 2.27. The van der Waals surface area contributed by atoms with Crippen molar-refractivity contribution in [2.75, 3.05) is 7.11 Å². The predicted octanol–water partition coefficient (Wildman–Crippen LogP) is 1.81. The lowest BCUT2D eigenvalue weighted by Crippen LogP contribution is -2.29. The fourth-order valence-corrected chi connectivity index (χ4v) is 1.76. The van der Waals surface area contributed by atoms with Gasteiger partial charge in [0.05, 0.1) is 7.11 Å². The molecule has 1 atom stereocenters. The standard InChI is InChI=1S/C12H17BrN2O2/c1-8(14)5-12(16)15-7-9-6-10(17-2)3-4-11(9)13/h3-4,6,8H,5,7,14H2,1-2H3,(H,15,16). The van der Waals surface area contributed by atoms with Gasteiger partial charge in [-0.05, 0) is 30.7 Å². The molecule has 5 heteroatoms. The third-order valence-corrected chi connectivity index (χ3v) is 3.01. The van der Waals surface area contributed by atoms with Crippen LogP contribution >= 0.6 is 15.9 Å². The molecule has 3 N–H and O–H groups in total. The Morgan fingerprint density at radius 2 is 2.29 bits per heavy atom. The SMILES string of the molecule is COc1ccc(Br)c(CNC(=O)CC(C)N)c1. The molecular weight excluding hydrogens is 284 g/mol. The minimum Gasteiger partial charge on any atom is -0.497 e. The van der Waals surface area contributed by atoms with Crippen molar-refractivity contribution in [2.45, 2.75) is 25.9 Å². The van der Waals surface area contributed by atoms with E-state index in [2.05, 4.69) is 21.2 Å². The molecule has 17 heavy (non-hydrogen) atoms. The van der Waals surface area contributed by atoms with Crippen molar-refractivity contribution in [3.63, 3.8) is 0 Å². The number of hydrogen-bond acceptors (Lipinski definition) is 3. The number of carbonyl (C=O) groups is 1. The molecule has 0 saturated carbocycles. The highest BCUT2D eigenvalue weighted by Gasteiger charge is 2.07. The first-order valence-corrected chi connectivity index (χ1v) is 6.17. The van der Waals surface area contributed by atoms with E-state index in [0.29, 0.717) is 13.0 Å². The first-order valence-electron chi connectivity index (χ1n) is 5.37. The summed E-state index contributed by atoms with van der Waals surface area (Å²) in [5, 5.41) is 2.82. The number of hydrogen-bond donors (Lipinski definition) is 2. The largest absolute Gasteiger partial charge is 0.497 e. The molecule has 1 rings (SSSR count). The van der Waals surface area contributed by atoms with Gasteiger partial charge in [0.25, 0.3) is 0 Å². The van der Waals surface area contributed by atoms with Gasteiger partial charge in [0.1, 0.15) is 5.75 Å². The van der Waals surface area contributed by atoms with Crippen LogP contribution < -0.4 is 15.8 Å². The van der Waals surface area contributed by atoms with Crippen molar-refractivity contribution in [1.29, 1.82) is 0 Å². The molecule has 0 aliphatic carbocycles. The maximum atomic E-state index is 11.5. The van der Waals surface area contributed by atoms with Crippen LogP contribution in [0.25, 0.3) is 0 Å². The van der Waals surface area contributed by atoms with Crippen molar-refractivity contribution in [3.05, 3.63) is 28.2 Å². The summed E-state index contributed by atoms with van der Waals surface area (Å²) in [4.78, 5) is 11.5. The average molecular weight is 301 g/mol. The number of halogens is 1. The molecule has 0 aliphatic rings. The van der Waals surface area contributed by atoms with Crippen LogP contribution in [-0.4, -0.2) is 19.1 Å². The van der Waals surface area contributed by atoms with Gasteiger partial charge in [-0.15, -0.1) is 0 Å². The molecule has 0 bridgehead atoms. The van der Waals surface area contributed by atoms with Gasteiger partial charge < -0.3 is 15.8 Å². The van der Waals surface area contributed by atoms with Crippen LogP contribution in [0.5, 0.6) is 5.75 Å². The molecular formula is C12H17BrN2O2. The fraction of sp³-hybridized carbons (Fsp3) is 0.417. The quantitative estimate of drug-likeness (QED) is 0.872. The lowest BCUT2D eigenvalue weighted by atomic mass is 10.2. The molecule has 0 spiro atoms. The van der Waals surface area contributed by atoms with Crippen molar-refractivity contribution in [1.82, 2.24) is 5.32 Å². The lowest BCUT2D eigenvalue weighted by molar-refractivity contribution is -0.121. The Bertz CT molecular complexity index is 394. The average Bonchev–Trinajstić information content (AvgIpc) is 2.27. The number of benzene rings is 1. The third kappa shape index (κ3) is 4.75. The zero-order valence-electron chi connectivity index (χ0n) is 10.00. The van der Waals surface area contributed by atoms with Crippen molar-refractivity contribution < 1.29 is 9.53 Å². The Balaban J connectivity index is 2.59. The fourth-order valence-electron chi connectivity index (χ4n) is 1.37. The topological polar surface area (TPSA) is 64.3 Å². The van der Waals surface area contributed by atoms with Crippen molar-refractivity contribution in [2.24, 2.45) is 5.73 Å². The smallest absolute Gasteiger partial charge is 0.221 e. The second-order valence-electron chi connectivity index (χ2n) is 3.92. The molecule has 1 unspecified atom stereocenters. The van der Waals surface area contributed by atoms with E-state index in [1.54, 1.807) is 14.0 Å². The van der Waals surface area contributed by atoms with E-state index < -0.39 is 0 Å². The van der Waals surface area contributed by atoms with Gasteiger partial charge in [0, 0.05) is 23.5 Å². The van der Waals surface area contributed by atoms with Gasteiger partial charge >= 0.3 is 0 Å². The van der Waals surface area contributed by atoms with Crippen LogP contribution in [0.2, 0.25) is 0 Å². The van der Waals surface area contributed by atoms with Crippen LogP contribution in [-0.2, 0) is 11.3 Å². The van der Waals surface area contributed by atoms with E-state index in [-0.39, 0.29) is 11.9 Å². The molecule has 1 aromatic rings. The van der Waals surface area contributed by atoms with E-state index in [1.807, 2.05) is 18.2 Å². The predicted molar refractivity (Wildman–Crippen MR) is 70.8 cm³/mol. The maximum absolute atomic E-state index is 11.5. The van der Waals surface area contributed by atoms with Gasteiger partial charge in [0.15, 0.2) is 0 Å². The van der Waals surface area contributed by atoms with Gasteiger partial charge in [0.2, 0.25) is 5.91 Å². The number of rotatable bonds is 5. The van der Waals surface area contributed by atoms with Crippen LogP contribution in [0.4, 0.5) is 0 Å². The van der Waals surface area contributed by atoms with Crippen LogP contribution in [0, 0.1) is 0 Å². The molecule has 0 fully saturated rings. The Kier molecular flexibility index (Phi) is 5.44.